The number of likely N-dealkylation sites (tertiary alicyclic amines) is 1. The molecule has 0 bridgehead atoms. The van der Waals surface area contributed by atoms with E-state index in [9.17, 15) is 9.59 Å². The lowest BCUT2D eigenvalue weighted by atomic mass is 9.74. The molecule has 15 heavy (non-hydrogen) atoms. The molecule has 86 valence electrons. The van der Waals surface area contributed by atoms with Gasteiger partial charge in [0.25, 0.3) is 0 Å². The van der Waals surface area contributed by atoms with Crippen molar-refractivity contribution in [1.29, 1.82) is 0 Å². The van der Waals surface area contributed by atoms with Gasteiger partial charge in [-0.05, 0) is 26.7 Å². The maximum atomic E-state index is 11.8. The molecule has 0 spiro atoms. The standard InChI is InChI=1S/C11H20N2O2/c1-8-11(3,10(15)12-4)6-5-7-13(8)9(2)14/h8H,5-7H2,1-4H3,(H,12,15). The molecule has 0 aromatic heterocycles. The Balaban J connectivity index is 2.91. The number of rotatable bonds is 1. The van der Waals surface area contributed by atoms with E-state index in [0.29, 0.717) is 0 Å². The maximum absolute atomic E-state index is 11.8. The fourth-order valence-corrected chi connectivity index (χ4v) is 2.38. The van der Waals surface area contributed by atoms with Gasteiger partial charge in [0.2, 0.25) is 11.8 Å². The zero-order chi connectivity index (χ0) is 11.6. The van der Waals surface area contributed by atoms with Gasteiger partial charge in [-0.15, -0.1) is 0 Å². The van der Waals surface area contributed by atoms with Crippen LogP contribution in [0.25, 0.3) is 0 Å². The highest BCUT2D eigenvalue weighted by Crippen LogP contribution is 2.35. The van der Waals surface area contributed by atoms with Crippen molar-refractivity contribution in [2.75, 3.05) is 13.6 Å². The summed E-state index contributed by atoms with van der Waals surface area (Å²) in [6.45, 7) is 6.22. The molecule has 2 unspecified atom stereocenters. The van der Waals surface area contributed by atoms with Crippen LogP contribution in [0.1, 0.15) is 33.6 Å². The molecule has 2 amide bonds. The number of nitrogens with one attached hydrogen (secondary N) is 1. The molecule has 0 aromatic rings. The van der Waals surface area contributed by atoms with Crippen LogP contribution in [0.5, 0.6) is 0 Å². The van der Waals surface area contributed by atoms with E-state index in [1.807, 2.05) is 13.8 Å². The zero-order valence-corrected chi connectivity index (χ0v) is 9.96. The third-order valence-electron chi connectivity index (χ3n) is 3.63. The van der Waals surface area contributed by atoms with Crippen LogP contribution < -0.4 is 5.32 Å². The summed E-state index contributed by atoms with van der Waals surface area (Å²) in [6, 6.07) is -0.0244. The second-order valence-electron chi connectivity index (χ2n) is 4.49. The molecule has 4 heteroatoms. The third-order valence-corrected chi connectivity index (χ3v) is 3.63. The predicted octanol–water partition coefficient (Wildman–Crippen LogP) is 0.770. The molecule has 0 saturated carbocycles. The highest BCUT2D eigenvalue weighted by atomic mass is 16.2. The normalized spacial score (nSPS) is 31.2. The Morgan fingerprint density at radius 1 is 1.47 bits per heavy atom. The molecule has 1 fully saturated rings. The van der Waals surface area contributed by atoms with E-state index in [2.05, 4.69) is 5.32 Å². The van der Waals surface area contributed by atoms with Crippen molar-refractivity contribution >= 4 is 11.8 Å². The monoisotopic (exact) mass is 212 g/mol. The number of carbonyl (C=O) groups is 2. The SMILES string of the molecule is CNC(=O)C1(C)CCCN(C(C)=O)C1C. The van der Waals surface area contributed by atoms with Crippen LogP contribution in [0.3, 0.4) is 0 Å². The first-order valence-electron chi connectivity index (χ1n) is 5.43. The summed E-state index contributed by atoms with van der Waals surface area (Å²) < 4.78 is 0. The van der Waals surface area contributed by atoms with Gasteiger partial charge in [0.1, 0.15) is 0 Å². The van der Waals surface area contributed by atoms with Gasteiger partial charge < -0.3 is 10.2 Å². The van der Waals surface area contributed by atoms with Gasteiger partial charge in [-0.3, -0.25) is 9.59 Å². The van der Waals surface area contributed by atoms with Crippen molar-refractivity contribution in [3.05, 3.63) is 0 Å². The van der Waals surface area contributed by atoms with Gasteiger partial charge in [-0.2, -0.15) is 0 Å². The lowest BCUT2D eigenvalue weighted by Crippen LogP contribution is -2.56. The number of hydrogen-bond acceptors (Lipinski definition) is 2. The minimum Gasteiger partial charge on any atom is -0.359 e. The van der Waals surface area contributed by atoms with E-state index < -0.39 is 5.41 Å². The zero-order valence-electron chi connectivity index (χ0n) is 9.96. The van der Waals surface area contributed by atoms with Crippen molar-refractivity contribution in [2.45, 2.75) is 39.7 Å². The maximum Gasteiger partial charge on any atom is 0.227 e. The third kappa shape index (κ3) is 1.98. The van der Waals surface area contributed by atoms with Gasteiger partial charge in [0.15, 0.2) is 0 Å². The van der Waals surface area contributed by atoms with Gasteiger partial charge in [-0.1, -0.05) is 0 Å². The van der Waals surface area contributed by atoms with E-state index in [1.54, 1.807) is 18.9 Å². The summed E-state index contributed by atoms with van der Waals surface area (Å²) in [5.74, 6) is 0.0817. The topological polar surface area (TPSA) is 49.4 Å². The summed E-state index contributed by atoms with van der Waals surface area (Å²) >= 11 is 0. The van der Waals surface area contributed by atoms with Crippen LogP contribution in [0, 0.1) is 5.41 Å². The van der Waals surface area contributed by atoms with Gasteiger partial charge in [0.05, 0.1) is 5.41 Å². The Labute approximate surface area is 91.0 Å². The molecule has 4 nitrogen and oxygen atoms in total. The molecule has 0 aliphatic carbocycles. The number of nitrogens with zero attached hydrogens (tertiary/aromatic N) is 1. The fourth-order valence-electron chi connectivity index (χ4n) is 2.38. The molecule has 1 aliphatic heterocycles. The molecule has 0 radical (unpaired) electrons. The van der Waals surface area contributed by atoms with Gasteiger partial charge >= 0.3 is 0 Å². The van der Waals surface area contributed by atoms with E-state index in [0.717, 1.165) is 19.4 Å². The summed E-state index contributed by atoms with van der Waals surface area (Å²) in [5, 5.41) is 2.69. The molecule has 1 rings (SSSR count). The van der Waals surface area contributed by atoms with Crippen molar-refractivity contribution in [3.8, 4) is 0 Å². The predicted molar refractivity (Wildman–Crippen MR) is 58.3 cm³/mol. The quantitative estimate of drug-likeness (QED) is 0.698. The van der Waals surface area contributed by atoms with E-state index in [4.69, 9.17) is 0 Å². The number of piperidine rings is 1. The van der Waals surface area contributed by atoms with E-state index in [-0.39, 0.29) is 17.9 Å². The Morgan fingerprint density at radius 3 is 2.53 bits per heavy atom. The largest absolute Gasteiger partial charge is 0.359 e. The molecule has 1 aliphatic rings. The van der Waals surface area contributed by atoms with Crippen LogP contribution in [0.2, 0.25) is 0 Å². The van der Waals surface area contributed by atoms with E-state index in [1.165, 1.54) is 0 Å². The summed E-state index contributed by atoms with van der Waals surface area (Å²) in [5.41, 5.74) is -0.446. The Bertz CT molecular complexity index is 278. The van der Waals surface area contributed by atoms with Gasteiger partial charge in [-0.25, -0.2) is 0 Å². The number of hydrogen-bond donors (Lipinski definition) is 1. The molecule has 1 saturated heterocycles. The van der Waals surface area contributed by atoms with Gasteiger partial charge in [0, 0.05) is 26.6 Å². The van der Waals surface area contributed by atoms with Crippen molar-refractivity contribution in [3.63, 3.8) is 0 Å². The van der Waals surface area contributed by atoms with Crippen molar-refractivity contribution in [2.24, 2.45) is 5.41 Å². The van der Waals surface area contributed by atoms with E-state index >= 15 is 0 Å². The van der Waals surface area contributed by atoms with Crippen LogP contribution in [-0.4, -0.2) is 36.3 Å². The Kier molecular flexibility index (Phi) is 3.37. The summed E-state index contributed by atoms with van der Waals surface area (Å²) in [6.07, 6.45) is 1.74. The summed E-state index contributed by atoms with van der Waals surface area (Å²) in [7, 11) is 1.65. The first-order chi connectivity index (χ1) is 6.93. The highest BCUT2D eigenvalue weighted by Gasteiger charge is 2.44. The molecule has 1 heterocycles. The molecule has 1 N–H and O–H groups in total. The first kappa shape index (κ1) is 12.0. The highest BCUT2D eigenvalue weighted by molar-refractivity contribution is 5.84. The Morgan fingerprint density at radius 2 is 2.07 bits per heavy atom. The molecular weight excluding hydrogens is 192 g/mol. The molecule has 2 atom stereocenters. The van der Waals surface area contributed by atoms with Crippen molar-refractivity contribution in [1.82, 2.24) is 10.2 Å². The fraction of sp³-hybridized carbons (Fsp3) is 0.818. The molecule has 0 aromatic carbocycles. The smallest absolute Gasteiger partial charge is 0.227 e. The van der Waals surface area contributed by atoms with Crippen molar-refractivity contribution < 1.29 is 9.59 Å². The average Bonchev–Trinajstić information content (AvgIpc) is 2.20. The second kappa shape index (κ2) is 4.21. The number of amides is 2. The first-order valence-corrected chi connectivity index (χ1v) is 5.43. The second-order valence-corrected chi connectivity index (χ2v) is 4.49. The molecular formula is C11H20N2O2. The van der Waals surface area contributed by atoms with Crippen LogP contribution in [0.4, 0.5) is 0 Å². The van der Waals surface area contributed by atoms with Crippen LogP contribution >= 0.6 is 0 Å². The lowest BCUT2D eigenvalue weighted by molar-refractivity contribution is -0.144. The Hall–Kier alpha value is -1.06. The minimum atomic E-state index is -0.446. The van der Waals surface area contributed by atoms with Crippen LogP contribution in [0.15, 0.2) is 0 Å². The summed E-state index contributed by atoms with van der Waals surface area (Å²) in [4.78, 5) is 25.0. The average molecular weight is 212 g/mol. The minimum absolute atomic E-state index is 0.0244. The lowest BCUT2D eigenvalue weighted by Gasteiger charge is -2.45. The number of carbonyl (C=O) groups excluding carboxylic acids is 2. The van der Waals surface area contributed by atoms with Crippen LogP contribution in [-0.2, 0) is 9.59 Å².